The Kier molecular flexibility index (Phi) is 20.1. The summed E-state index contributed by atoms with van der Waals surface area (Å²) in [6.07, 6.45) is 4.09. The first-order valence-electron chi connectivity index (χ1n) is 26.3. The summed E-state index contributed by atoms with van der Waals surface area (Å²) >= 11 is 0. The van der Waals surface area contributed by atoms with Crippen LogP contribution in [0.25, 0.3) is 0 Å². The van der Waals surface area contributed by atoms with Crippen LogP contribution in [-0.2, 0) is 51.7 Å². The Balaban J connectivity index is 1.44. The van der Waals surface area contributed by atoms with Gasteiger partial charge in [0.15, 0.2) is 0 Å². The second kappa shape index (κ2) is 27.9. The van der Waals surface area contributed by atoms with Gasteiger partial charge in [-0.3, -0.25) is 9.80 Å². The van der Waals surface area contributed by atoms with Crippen LogP contribution in [0.1, 0.15) is 44.5 Å². The van der Waals surface area contributed by atoms with Crippen LogP contribution in [0.5, 0.6) is 0 Å². The number of nitrogens with zero attached hydrogens (tertiary/aromatic N) is 2. The highest BCUT2D eigenvalue weighted by Crippen LogP contribution is 2.48. The molecule has 370 valence electrons. The summed E-state index contributed by atoms with van der Waals surface area (Å²) in [4.78, 5) is 5.96. The van der Waals surface area contributed by atoms with Crippen molar-refractivity contribution in [3.05, 3.63) is 287 Å². The molecule has 0 amide bonds. The van der Waals surface area contributed by atoms with Gasteiger partial charge >= 0.3 is 0 Å². The Hall–Kier alpha value is -6.48. The summed E-state index contributed by atoms with van der Waals surface area (Å²) in [6.45, 7) is 8.04. The number of hydrogen-bond donors (Lipinski definition) is 4. The predicted octanol–water partition coefficient (Wildman–Crippen LogP) is 11.0. The largest absolute Gasteiger partial charge is 0.329 e. The molecule has 8 rings (SSSR count). The topological polar surface area (TPSA) is 68.6 Å². The minimum atomic E-state index is -0.588. The first kappa shape index (κ1) is 51.9. The molecule has 72 heavy (non-hydrogen) atoms. The quantitative estimate of drug-likeness (QED) is 0.0337. The van der Waals surface area contributed by atoms with Crippen LogP contribution >= 0.6 is 0 Å². The van der Waals surface area contributed by atoms with Gasteiger partial charge in [0, 0.05) is 82.6 Å². The molecule has 0 aliphatic rings. The van der Waals surface area contributed by atoms with E-state index in [1.54, 1.807) is 0 Å². The minimum Gasteiger partial charge on any atom is -0.329 e. The Morgan fingerprint density at radius 2 is 0.611 bits per heavy atom. The molecule has 8 aromatic rings. The van der Waals surface area contributed by atoms with E-state index in [0.29, 0.717) is 6.54 Å². The lowest BCUT2D eigenvalue weighted by Gasteiger charge is -2.63. The van der Waals surface area contributed by atoms with E-state index >= 15 is 0 Å². The van der Waals surface area contributed by atoms with Crippen LogP contribution in [0.2, 0.25) is 0 Å². The lowest BCUT2D eigenvalue weighted by atomic mass is 9.61. The summed E-state index contributed by atoms with van der Waals surface area (Å²) in [6, 6.07) is 90.7. The average molecular weight is 953 g/mol. The van der Waals surface area contributed by atoms with Gasteiger partial charge in [0.2, 0.25) is 0 Å². The van der Waals surface area contributed by atoms with E-state index < -0.39 is 11.1 Å². The van der Waals surface area contributed by atoms with Crippen LogP contribution in [0.3, 0.4) is 0 Å². The second-order valence-electron chi connectivity index (χ2n) is 19.5. The lowest BCUT2D eigenvalue weighted by molar-refractivity contribution is -0.108. The van der Waals surface area contributed by atoms with Crippen molar-refractivity contribution < 1.29 is 0 Å². The van der Waals surface area contributed by atoms with Gasteiger partial charge in [-0.25, -0.2) is 0 Å². The van der Waals surface area contributed by atoms with Crippen LogP contribution < -0.4 is 21.7 Å². The van der Waals surface area contributed by atoms with E-state index in [1.165, 1.54) is 44.5 Å². The predicted molar refractivity (Wildman–Crippen MR) is 302 cm³/mol. The molecule has 0 saturated heterocycles. The normalized spacial score (nSPS) is 12.3. The van der Waals surface area contributed by atoms with Crippen molar-refractivity contribution in [3.8, 4) is 0 Å². The molecule has 5 N–H and O–H groups in total. The standard InChI is InChI=1S/C66H76N6/c67-41-42-68-43-44-69-45-46-70-52-64(47-56-25-9-1-10-26-56)72(55-63-39-23-8-24-40-63)66(50-59-31-15-4-16-32-59,51-60-33-17-5-18-34-60)65(48-57-27-11-2-12-28-57,49-58-29-13-3-14-30-58)71(53-61-35-19-6-20-36-61)54-62-37-21-7-22-38-62/h1-40,64,68-70H,41-55,67H2. The summed E-state index contributed by atoms with van der Waals surface area (Å²) in [5, 5.41) is 11.2. The van der Waals surface area contributed by atoms with Crippen LogP contribution in [0.15, 0.2) is 243 Å². The van der Waals surface area contributed by atoms with Crippen molar-refractivity contribution in [2.75, 3.05) is 45.8 Å². The Morgan fingerprint density at radius 1 is 0.319 bits per heavy atom. The third-order valence-corrected chi connectivity index (χ3v) is 14.4. The number of nitrogens with two attached hydrogens (primary N) is 1. The van der Waals surface area contributed by atoms with Gasteiger partial charge in [-0.05, 0) is 76.6 Å². The fourth-order valence-electron chi connectivity index (χ4n) is 11.0. The van der Waals surface area contributed by atoms with Crippen molar-refractivity contribution in [2.45, 2.75) is 68.9 Å². The highest BCUT2D eigenvalue weighted by Gasteiger charge is 2.58. The van der Waals surface area contributed by atoms with E-state index in [4.69, 9.17) is 5.73 Å². The lowest BCUT2D eigenvalue weighted by Crippen LogP contribution is -2.76. The Labute approximate surface area is 431 Å². The fraction of sp³-hybridized carbons (Fsp3) is 0.273. The minimum absolute atomic E-state index is 0.0625. The molecule has 0 aliphatic carbocycles. The molecule has 0 aromatic heterocycles. The number of nitrogens with one attached hydrogen (secondary N) is 3. The highest BCUT2D eigenvalue weighted by molar-refractivity contribution is 5.36. The zero-order chi connectivity index (χ0) is 49.4. The molecule has 0 radical (unpaired) electrons. The molecule has 1 unspecified atom stereocenters. The molecule has 0 saturated carbocycles. The molecule has 0 bridgehead atoms. The van der Waals surface area contributed by atoms with Crippen LogP contribution in [0, 0.1) is 0 Å². The maximum Gasteiger partial charge on any atom is 0.0487 e. The highest BCUT2D eigenvalue weighted by atomic mass is 15.3. The molecular formula is C66H76N6. The van der Waals surface area contributed by atoms with Crippen LogP contribution in [-0.4, -0.2) is 72.7 Å². The third-order valence-electron chi connectivity index (χ3n) is 14.4. The van der Waals surface area contributed by atoms with Gasteiger partial charge in [0.05, 0.1) is 0 Å². The van der Waals surface area contributed by atoms with Crippen molar-refractivity contribution in [2.24, 2.45) is 5.73 Å². The smallest absolute Gasteiger partial charge is 0.0487 e. The zero-order valence-electron chi connectivity index (χ0n) is 42.2. The Bertz CT molecular complexity index is 2530. The SMILES string of the molecule is NCCNCCNCCNCC(Cc1ccccc1)N(Cc1ccccc1)C(Cc1ccccc1)(Cc1ccccc1)C(Cc1ccccc1)(Cc1ccccc1)N(Cc1ccccc1)Cc1ccccc1. The molecule has 0 spiro atoms. The summed E-state index contributed by atoms with van der Waals surface area (Å²) < 4.78 is 0. The van der Waals surface area contributed by atoms with Gasteiger partial charge in [-0.15, -0.1) is 0 Å². The molecular weight excluding hydrogens is 877 g/mol. The van der Waals surface area contributed by atoms with Gasteiger partial charge in [0.1, 0.15) is 0 Å². The summed E-state index contributed by atoms with van der Waals surface area (Å²) in [5.41, 5.74) is 15.2. The van der Waals surface area contributed by atoms with Crippen molar-refractivity contribution in [1.29, 1.82) is 0 Å². The van der Waals surface area contributed by atoms with E-state index in [-0.39, 0.29) is 6.04 Å². The average Bonchev–Trinajstić information content (AvgIpc) is 3.43. The molecule has 0 fully saturated rings. The van der Waals surface area contributed by atoms with Crippen LogP contribution in [0.4, 0.5) is 0 Å². The fourth-order valence-corrected chi connectivity index (χ4v) is 11.0. The van der Waals surface area contributed by atoms with Crippen molar-refractivity contribution in [1.82, 2.24) is 25.8 Å². The summed E-state index contributed by atoms with van der Waals surface area (Å²) in [5.74, 6) is 0. The molecule has 1 atom stereocenters. The van der Waals surface area contributed by atoms with E-state index in [9.17, 15) is 0 Å². The number of rotatable bonds is 30. The van der Waals surface area contributed by atoms with Gasteiger partial charge < -0.3 is 21.7 Å². The van der Waals surface area contributed by atoms with Crippen molar-refractivity contribution >= 4 is 0 Å². The number of hydrogen-bond acceptors (Lipinski definition) is 6. The monoisotopic (exact) mass is 953 g/mol. The Morgan fingerprint density at radius 3 is 0.972 bits per heavy atom. The van der Waals surface area contributed by atoms with Gasteiger partial charge in [-0.2, -0.15) is 0 Å². The van der Waals surface area contributed by atoms with Crippen molar-refractivity contribution in [3.63, 3.8) is 0 Å². The maximum atomic E-state index is 5.77. The van der Waals surface area contributed by atoms with Gasteiger partial charge in [0.25, 0.3) is 0 Å². The second-order valence-corrected chi connectivity index (χ2v) is 19.5. The maximum absolute atomic E-state index is 5.77. The first-order chi connectivity index (χ1) is 35.6. The molecule has 0 heterocycles. The van der Waals surface area contributed by atoms with Gasteiger partial charge in [-0.1, -0.05) is 243 Å². The molecule has 6 heteroatoms. The third kappa shape index (κ3) is 14.8. The summed E-state index contributed by atoms with van der Waals surface area (Å²) in [7, 11) is 0. The van der Waals surface area contributed by atoms with E-state index in [1.807, 2.05) is 0 Å². The molecule has 0 aliphatic heterocycles. The molecule has 8 aromatic carbocycles. The van der Waals surface area contributed by atoms with E-state index in [0.717, 1.165) is 91.0 Å². The molecule has 6 nitrogen and oxygen atoms in total. The number of benzene rings is 8. The van der Waals surface area contributed by atoms with E-state index in [2.05, 4.69) is 268 Å². The zero-order valence-corrected chi connectivity index (χ0v) is 42.2. The first-order valence-corrected chi connectivity index (χ1v) is 26.3.